The fraction of sp³-hybridized carbons (Fsp3) is 0.375. The molecule has 0 aromatic carbocycles. The first kappa shape index (κ1) is 7.61. The van der Waals surface area contributed by atoms with Crippen LogP contribution in [0.15, 0.2) is 6.07 Å². The number of rotatable bonds is 0. The van der Waals surface area contributed by atoms with Crippen molar-refractivity contribution < 1.29 is 8.78 Å². The molecule has 1 aromatic heterocycles. The van der Waals surface area contributed by atoms with Crippen molar-refractivity contribution in [3.05, 3.63) is 29.1 Å². The van der Waals surface area contributed by atoms with Crippen LogP contribution in [0.4, 0.5) is 8.78 Å². The molecular formula is C8H8F2N2. The molecule has 0 saturated heterocycles. The molecule has 2 rings (SSSR count). The van der Waals surface area contributed by atoms with Crippen LogP contribution >= 0.6 is 0 Å². The lowest BCUT2D eigenvalue weighted by molar-refractivity contribution is 0.465. The van der Waals surface area contributed by atoms with Gasteiger partial charge in [0.05, 0.1) is 0 Å². The smallest absolute Gasteiger partial charge is 0.249 e. The minimum Gasteiger partial charge on any atom is -0.312 e. The molecule has 1 aromatic rings. The molecule has 64 valence electrons. The van der Waals surface area contributed by atoms with Crippen LogP contribution in [0.5, 0.6) is 0 Å². The van der Waals surface area contributed by atoms with Gasteiger partial charge in [-0.25, -0.2) is 9.37 Å². The molecule has 2 nitrogen and oxygen atoms in total. The van der Waals surface area contributed by atoms with Gasteiger partial charge < -0.3 is 5.32 Å². The molecule has 1 N–H and O–H groups in total. The molecule has 1 aliphatic heterocycles. The summed E-state index contributed by atoms with van der Waals surface area (Å²) in [5.41, 5.74) is 1.44. The maximum Gasteiger partial charge on any atom is 0.249 e. The quantitative estimate of drug-likeness (QED) is 0.588. The average molecular weight is 170 g/mol. The number of hydrogen-bond acceptors (Lipinski definition) is 2. The Morgan fingerprint density at radius 3 is 3.08 bits per heavy atom. The molecule has 0 fully saturated rings. The first-order chi connectivity index (χ1) is 5.77. The normalized spacial score (nSPS) is 15.8. The Labute approximate surface area is 68.6 Å². The highest BCUT2D eigenvalue weighted by Gasteiger charge is 2.13. The maximum atomic E-state index is 12.6. The molecule has 0 saturated carbocycles. The minimum atomic E-state index is -0.990. The SMILES string of the molecule is Fc1cc2c(nc1F)CCNC2. The van der Waals surface area contributed by atoms with Crippen LogP contribution in [-0.2, 0) is 13.0 Å². The van der Waals surface area contributed by atoms with E-state index < -0.39 is 11.8 Å². The summed E-state index contributed by atoms with van der Waals surface area (Å²) >= 11 is 0. The van der Waals surface area contributed by atoms with E-state index in [2.05, 4.69) is 10.3 Å². The summed E-state index contributed by atoms with van der Waals surface area (Å²) in [5.74, 6) is -1.85. The third kappa shape index (κ3) is 1.18. The molecule has 0 unspecified atom stereocenters. The Balaban J connectivity index is 2.49. The van der Waals surface area contributed by atoms with Crippen molar-refractivity contribution in [3.8, 4) is 0 Å². The number of halogens is 2. The van der Waals surface area contributed by atoms with Crippen molar-refractivity contribution >= 4 is 0 Å². The predicted molar refractivity (Wildman–Crippen MR) is 39.6 cm³/mol. The van der Waals surface area contributed by atoms with E-state index in [0.717, 1.165) is 12.1 Å². The average Bonchev–Trinajstić information content (AvgIpc) is 2.07. The highest BCUT2D eigenvalue weighted by molar-refractivity contribution is 5.23. The second kappa shape index (κ2) is 2.79. The number of fused-ring (bicyclic) bond motifs is 1. The van der Waals surface area contributed by atoms with Gasteiger partial charge in [-0.05, 0) is 11.6 Å². The maximum absolute atomic E-state index is 12.6. The zero-order chi connectivity index (χ0) is 8.55. The lowest BCUT2D eigenvalue weighted by Crippen LogP contribution is -2.25. The van der Waals surface area contributed by atoms with E-state index in [1.165, 1.54) is 6.07 Å². The van der Waals surface area contributed by atoms with Gasteiger partial charge in [0.25, 0.3) is 0 Å². The first-order valence-corrected chi connectivity index (χ1v) is 3.82. The fourth-order valence-corrected chi connectivity index (χ4v) is 1.34. The van der Waals surface area contributed by atoms with Gasteiger partial charge in [-0.15, -0.1) is 0 Å². The van der Waals surface area contributed by atoms with Crippen LogP contribution in [-0.4, -0.2) is 11.5 Å². The van der Waals surface area contributed by atoms with Gasteiger partial charge in [-0.3, -0.25) is 0 Å². The van der Waals surface area contributed by atoms with E-state index in [1.807, 2.05) is 0 Å². The Bertz CT molecular complexity index is 281. The zero-order valence-corrected chi connectivity index (χ0v) is 6.40. The van der Waals surface area contributed by atoms with Crippen LogP contribution in [0.3, 0.4) is 0 Å². The molecule has 2 heterocycles. The lowest BCUT2D eigenvalue weighted by Gasteiger charge is -2.15. The number of hydrogen-bond donors (Lipinski definition) is 1. The number of aromatic nitrogens is 1. The second-order valence-electron chi connectivity index (χ2n) is 2.79. The molecule has 0 spiro atoms. The Kier molecular flexibility index (Phi) is 1.77. The highest BCUT2D eigenvalue weighted by atomic mass is 19.2. The summed E-state index contributed by atoms with van der Waals surface area (Å²) in [4.78, 5) is 3.53. The van der Waals surface area contributed by atoms with E-state index in [1.54, 1.807) is 0 Å². The summed E-state index contributed by atoms with van der Waals surface area (Å²) in [6.07, 6.45) is 0.673. The van der Waals surface area contributed by atoms with Crippen molar-refractivity contribution in [3.63, 3.8) is 0 Å². The van der Waals surface area contributed by atoms with Crippen molar-refractivity contribution in [2.75, 3.05) is 6.54 Å². The fourth-order valence-electron chi connectivity index (χ4n) is 1.34. The van der Waals surface area contributed by atoms with Crippen molar-refractivity contribution in [2.45, 2.75) is 13.0 Å². The molecular weight excluding hydrogens is 162 g/mol. The molecule has 0 atom stereocenters. The van der Waals surface area contributed by atoms with Gasteiger partial charge in [0.15, 0.2) is 5.82 Å². The molecule has 0 bridgehead atoms. The Hall–Kier alpha value is -1.03. The number of nitrogens with one attached hydrogen (secondary N) is 1. The Morgan fingerprint density at radius 2 is 2.25 bits per heavy atom. The summed E-state index contributed by atoms with van der Waals surface area (Å²) in [7, 11) is 0. The molecule has 1 aliphatic rings. The molecule has 12 heavy (non-hydrogen) atoms. The van der Waals surface area contributed by atoms with Crippen molar-refractivity contribution in [1.29, 1.82) is 0 Å². The first-order valence-electron chi connectivity index (χ1n) is 3.82. The summed E-state index contributed by atoms with van der Waals surface area (Å²) < 4.78 is 25.2. The van der Waals surface area contributed by atoms with E-state index >= 15 is 0 Å². The molecule has 0 aliphatic carbocycles. The molecule has 0 amide bonds. The van der Waals surface area contributed by atoms with E-state index in [-0.39, 0.29) is 0 Å². The van der Waals surface area contributed by atoms with Crippen LogP contribution in [0.25, 0.3) is 0 Å². The van der Waals surface area contributed by atoms with Gasteiger partial charge in [-0.2, -0.15) is 4.39 Å². The third-order valence-corrected chi connectivity index (χ3v) is 1.96. The monoisotopic (exact) mass is 170 g/mol. The van der Waals surface area contributed by atoms with E-state index in [4.69, 9.17) is 0 Å². The number of nitrogens with zero attached hydrogens (tertiary/aromatic N) is 1. The predicted octanol–water partition coefficient (Wildman–Crippen LogP) is 1.01. The third-order valence-electron chi connectivity index (χ3n) is 1.96. The summed E-state index contributed by atoms with van der Waals surface area (Å²) in [6.45, 7) is 1.37. The van der Waals surface area contributed by atoms with Crippen molar-refractivity contribution in [1.82, 2.24) is 10.3 Å². The van der Waals surface area contributed by atoms with Crippen molar-refractivity contribution in [2.24, 2.45) is 0 Å². The standard InChI is InChI=1S/C8H8F2N2/c9-6-3-5-4-11-2-1-7(5)12-8(6)10/h3,11H,1-2,4H2. The molecule has 0 radical (unpaired) electrons. The van der Waals surface area contributed by atoms with Gasteiger partial charge in [0.1, 0.15) is 0 Å². The van der Waals surface area contributed by atoms with Crippen LogP contribution in [0.2, 0.25) is 0 Å². The summed E-state index contributed by atoms with van der Waals surface area (Å²) in [6, 6.07) is 1.21. The lowest BCUT2D eigenvalue weighted by atomic mass is 10.1. The summed E-state index contributed by atoms with van der Waals surface area (Å²) in [5, 5.41) is 3.06. The van der Waals surface area contributed by atoms with Crippen LogP contribution in [0, 0.1) is 11.8 Å². The second-order valence-corrected chi connectivity index (χ2v) is 2.79. The van der Waals surface area contributed by atoms with Gasteiger partial charge >= 0.3 is 0 Å². The zero-order valence-electron chi connectivity index (χ0n) is 6.40. The topological polar surface area (TPSA) is 24.9 Å². The molecule has 4 heteroatoms. The van der Waals surface area contributed by atoms with E-state index in [9.17, 15) is 8.78 Å². The van der Waals surface area contributed by atoms with Gasteiger partial charge in [-0.1, -0.05) is 0 Å². The van der Waals surface area contributed by atoms with E-state index in [0.29, 0.717) is 18.7 Å². The number of pyridine rings is 1. The van der Waals surface area contributed by atoms with Gasteiger partial charge in [0, 0.05) is 25.2 Å². The van der Waals surface area contributed by atoms with Crippen LogP contribution in [0.1, 0.15) is 11.3 Å². The minimum absolute atomic E-state index is 0.583. The Morgan fingerprint density at radius 1 is 1.42 bits per heavy atom. The van der Waals surface area contributed by atoms with Crippen LogP contribution < -0.4 is 5.32 Å². The largest absolute Gasteiger partial charge is 0.312 e. The highest BCUT2D eigenvalue weighted by Crippen LogP contribution is 2.14. The van der Waals surface area contributed by atoms with Gasteiger partial charge in [0.2, 0.25) is 5.95 Å².